The molecule has 1 spiro atoms. The minimum absolute atomic E-state index is 0.0402. The second-order valence-corrected chi connectivity index (χ2v) is 7.26. The molecular formula is C17H26N2O3. The van der Waals surface area contributed by atoms with Crippen LogP contribution in [0.4, 0.5) is 0 Å². The number of hydrogen-bond acceptors (Lipinski definition) is 4. The molecule has 22 heavy (non-hydrogen) atoms. The summed E-state index contributed by atoms with van der Waals surface area (Å²) < 4.78 is 11.2. The first-order valence-corrected chi connectivity index (χ1v) is 8.39. The number of ether oxygens (including phenoxy) is 2. The van der Waals surface area contributed by atoms with E-state index in [2.05, 4.69) is 11.4 Å². The second-order valence-electron chi connectivity index (χ2n) is 7.26. The molecule has 0 aromatic rings. The van der Waals surface area contributed by atoms with Gasteiger partial charge in [0, 0.05) is 38.6 Å². The molecule has 5 nitrogen and oxygen atoms in total. The fourth-order valence-corrected chi connectivity index (χ4v) is 4.63. The van der Waals surface area contributed by atoms with Crippen molar-refractivity contribution in [3.05, 3.63) is 0 Å². The Morgan fingerprint density at radius 1 is 1.27 bits per heavy atom. The van der Waals surface area contributed by atoms with Crippen LogP contribution in [0.15, 0.2) is 0 Å². The van der Waals surface area contributed by atoms with E-state index in [4.69, 9.17) is 9.47 Å². The Balaban J connectivity index is 1.70. The summed E-state index contributed by atoms with van der Waals surface area (Å²) in [5.74, 6) is -0.0904. The first-order valence-electron chi connectivity index (χ1n) is 8.39. The third-order valence-electron chi connectivity index (χ3n) is 6.41. The lowest BCUT2D eigenvalue weighted by Gasteiger charge is -2.41. The van der Waals surface area contributed by atoms with Crippen LogP contribution >= 0.6 is 0 Å². The largest absolute Gasteiger partial charge is 0.381 e. The zero-order valence-electron chi connectivity index (χ0n) is 13.6. The van der Waals surface area contributed by atoms with Gasteiger partial charge in [0.25, 0.3) is 0 Å². The van der Waals surface area contributed by atoms with Gasteiger partial charge in [-0.2, -0.15) is 5.26 Å². The molecule has 0 aromatic carbocycles. The SMILES string of the molecule is COC1(C(C)NC(=O)C2(C#N)CC23CCCC3)CCOCC1. The molecule has 1 amide bonds. The molecule has 1 heterocycles. The molecule has 3 rings (SSSR count). The third kappa shape index (κ3) is 2.16. The molecule has 122 valence electrons. The third-order valence-corrected chi connectivity index (χ3v) is 6.41. The van der Waals surface area contributed by atoms with Gasteiger partial charge in [-0.1, -0.05) is 12.8 Å². The molecule has 2 atom stereocenters. The first kappa shape index (κ1) is 15.8. The van der Waals surface area contributed by atoms with E-state index in [0.717, 1.165) is 44.9 Å². The van der Waals surface area contributed by atoms with Crippen molar-refractivity contribution < 1.29 is 14.3 Å². The molecule has 0 bridgehead atoms. The maximum atomic E-state index is 12.8. The number of hydrogen-bond donors (Lipinski definition) is 1. The minimum atomic E-state index is -0.794. The van der Waals surface area contributed by atoms with Crippen LogP contribution in [0.3, 0.4) is 0 Å². The highest BCUT2D eigenvalue weighted by molar-refractivity contribution is 5.90. The van der Waals surface area contributed by atoms with Crippen LogP contribution in [-0.2, 0) is 14.3 Å². The van der Waals surface area contributed by atoms with Crippen LogP contribution in [-0.4, -0.2) is 37.9 Å². The highest BCUT2D eigenvalue weighted by Gasteiger charge is 2.73. The summed E-state index contributed by atoms with van der Waals surface area (Å²) in [5.41, 5.74) is -1.21. The van der Waals surface area contributed by atoms with Crippen LogP contribution < -0.4 is 5.32 Å². The summed E-state index contributed by atoms with van der Waals surface area (Å²) in [6, 6.07) is 2.23. The van der Waals surface area contributed by atoms with Crippen LogP contribution in [0.25, 0.3) is 0 Å². The van der Waals surface area contributed by atoms with Crippen molar-refractivity contribution in [2.75, 3.05) is 20.3 Å². The summed E-state index contributed by atoms with van der Waals surface area (Å²) in [4.78, 5) is 12.8. The number of amides is 1. The predicted molar refractivity (Wildman–Crippen MR) is 81.0 cm³/mol. The maximum Gasteiger partial charge on any atom is 0.241 e. The van der Waals surface area contributed by atoms with E-state index < -0.39 is 5.41 Å². The molecule has 1 aliphatic heterocycles. The molecule has 1 saturated heterocycles. The molecular weight excluding hydrogens is 280 g/mol. The molecule has 2 saturated carbocycles. The average Bonchev–Trinajstić information content (AvgIpc) is 2.94. The van der Waals surface area contributed by atoms with Crippen LogP contribution in [0.5, 0.6) is 0 Å². The lowest BCUT2D eigenvalue weighted by Crippen LogP contribution is -2.56. The summed E-state index contributed by atoms with van der Waals surface area (Å²) >= 11 is 0. The monoisotopic (exact) mass is 306 g/mol. The van der Waals surface area contributed by atoms with Crippen LogP contribution in [0.1, 0.15) is 51.9 Å². The van der Waals surface area contributed by atoms with Gasteiger partial charge in [0.15, 0.2) is 0 Å². The molecule has 3 aliphatic rings. The van der Waals surface area contributed by atoms with Crippen molar-refractivity contribution >= 4 is 5.91 Å². The van der Waals surface area contributed by atoms with Crippen molar-refractivity contribution in [1.29, 1.82) is 5.26 Å². The van der Waals surface area contributed by atoms with Crippen molar-refractivity contribution in [2.45, 2.75) is 63.5 Å². The summed E-state index contributed by atoms with van der Waals surface area (Å²) in [5, 5.41) is 12.7. The van der Waals surface area contributed by atoms with Crippen LogP contribution in [0.2, 0.25) is 0 Å². The topological polar surface area (TPSA) is 71.3 Å². The van der Waals surface area contributed by atoms with E-state index >= 15 is 0 Å². The molecule has 5 heteroatoms. The summed E-state index contributed by atoms with van der Waals surface area (Å²) in [7, 11) is 1.70. The van der Waals surface area contributed by atoms with Gasteiger partial charge in [-0.25, -0.2) is 0 Å². The minimum Gasteiger partial charge on any atom is -0.381 e. The molecule has 2 unspecified atom stereocenters. The van der Waals surface area contributed by atoms with E-state index in [1.54, 1.807) is 7.11 Å². The van der Waals surface area contributed by atoms with Gasteiger partial charge in [0.1, 0.15) is 5.41 Å². The van der Waals surface area contributed by atoms with Gasteiger partial charge in [-0.05, 0) is 26.2 Å². The Bertz CT molecular complexity index is 487. The van der Waals surface area contributed by atoms with Crippen LogP contribution in [0, 0.1) is 22.2 Å². The van der Waals surface area contributed by atoms with Gasteiger partial charge >= 0.3 is 0 Å². The molecule has 0 radical (unpaired) electrons. The van der Waals surface area contributed by atoms with Gasteiger partial charge in [-0.15, -0.1) is 0 Å². The molecule has 2 aliphatic carbocycles. The highest BCUT2D eigenvalue weighted by Crippen LogP contribution is 2.71. The zero-order chi connectivity index (χ0) is 15.8. The quantitative estimate of drug-likeness (QED) is 0.864. The Morgan fingerprint density at radius 3 is 2.45 bits per heavy atom. The number of rotatable bonds is 4. The number of nitrogens with one attached hydrogen (secondary N) is 1. The summed E-state index contributed by atoms with van der Waals surface area (Å²) in [6.07, 6.45) is 6.61. The molecule has 0 aromatic heterocycles. The normalized spacial score (nSPS) is 33.1. The van der Waals surface area contributed by atoms with E-state index in [0.29, 0.717) is 13.2 Å². The van der Waals surface area contributed by atoms with Crippen molar-refractivity contribution in [3.63, 3.8) is 0 Å². The number of carbonyl (C=O) groups is 1. The van der Waals surface area contributed by atoms with E-state index in [-0.39, 0.29) is 23.0 Å². The predicted octanol–water partition coefficient (Wildman–Crippen LogP) is 2.16. The van der Waals surface area contributed by atoms with E-state index in [1.165, 1.54) is 0 Å². The average molecular weight is 306 g/mol. The van der Waals surface area contributed by atoms with E-state index in [1.807, 2.05) is 6.92 Å². The number of carbonyl (C=O) groups excluding carboxylic acids is 1. The Hall–Kier alpha value is -1.12. The molecule has 3 fully saturated rings. The van der Waals surface area contributed by atoms with Gasteiger partial charge in [0.05, 0.1) is 17.7 Å². The first-order chi connectivity index (χ1) is 10.5. The van der Waals surface area contributed by atoms with Gasteiger partial charge < -0.3 is 14.8 Å². The van der Waals surface area contributed by atoms with Gasteiger partial charge in [0.2, 0.25) is 5.91 Å². The number of methoxy groups -OCH3 is 1. The second kappa shape index (κ2) is 5.50. The number of nitriles is 1. The Kier molecular flexibility index (Phi) is 3.94. The standard InChI is InChI=1S/C17H26N2O3/c1-13(17(21-2)7-9-22-10-8-17)19-14(20)16(12-18)11-15(16)5-3-4-6-15/h13H,3-11H2,1-2H3,(H,19,20). The van der Waals surface area contributed by atoms with Crippen molar-refractivity contribution in [3.8, 4) is 6.07 Å². The highest BCUT2D eigenvalue weighted by atomic mass is 16.5. The zero-order valence-corrected chi connectivity index (χ0v) is 13.6. The van der Waals surface area contributed by atoms with Crippen molar-refractivity contribution in [1.82, 2.24) is 5.32 Å². The van der Waals surface area contributed by atoms with Gasteiger partial charge in [-0.3, -0.25) is 4.79 Å². The smallest absolute Gasteiger partial charge is 0.241 e. The van der Waals surface area contributed by atoms with E-state index in [9.17, 15) is 10.1 Å². The molecule has 1 N–H and O–H groups in total. The lowest BCUT2D eigenvalue weighted by atomic mass is 9.85. The van der Waals surface area contributed by atoms with Crippen molar-refractivity contribution in [2.24, 2.45) is 10.8 Å². The Labute approximate surface area is 132 Å². The Morgan fingerprint density at radius 2 is 1.91 bits per heavy atom. The fourth-order valence-electron chi connectivity index (χ4n) is 4.63. The maximum absolute atomic E-state index is 12.8. The fraction of sp³-hybridized carbons (Fsp3) is 0.882. The summed E-state index contributed by atoms with van der Waals surface area (Å²) in [6.45, 7) is 3.30. The lowest BCUT2D eigenvalue weighted by molar-refractivity contribution is -0.135. The number of nitrogens with zero attached hydrogens (tertiary/aromatic N) is 1.